The zero-order valence-corrected chi connectivity index (χ0v) is 17.3. The molecule has 0 aliphatic heterocycles. The number of aromatic nitrogens is 4. The molecule has 168 valence electrons. The second kappa shape index (κ2) is 8.73. The van der Waals surface area contributed by atoms with Crippen LogP contribution in [0, 0.1) is 5.92 Å². The smallest absolute Gasteiger partial charge is 0.349 e. The summed E-state index contributed by atoms with van der Waals surface area (Å²) >= 11 is 5.88. The maximum atomic E-state index is 12.7. The Hall–Kier alpha value is -3.21. The van der Waals surface area contributed by atoms with Crippen LogP contribution in [0.2, 0.25) is 5.02 Å². The minimum absolute atomic E-state index is 0.0284. The molecule has 0 atom stereocenters. The number of rotatable bonds is 4. The molecule has 1 saturated carbocycles. The largest absolute Gasteiger partial charge is 0.433 e. The van der Waals surface area contributed by atoms with E-state index in [9.17, 15) is 22.8 Å². The van der Waals surface area contributed by atoms with Crippen molar-refractivity contribution in [3.8, 4) is 0 Å². The van der Waals surface area contributed by atoms with Crippen LogP contribution in [0.4, 0.5) is 18.9 Å². The predicted molar refractivity (Wildman–Crippen MR) is 109 cm³/mol. The number of alkyl halides is 3. The molecule has 1 aliphatic rings. The summed E-state index contributed by atoms with van der Waals surface area (Å²) in [6, 6.07) is 2.28. The van der Waals surface area contributed by atoms with E-state index in [1.165, 1.54) is 10.7 Å². The van der Waals surface area contributed by atoms with Crippen molar-refractivity contribution in [3.05, 3.63) is 53.2 Å². The van der Waals surface area contributed by atoms with E-state index in [-0.39, 0.29) is 34.5 Å². The van der Waals surface area contributed by atoms with Gasteiger partial charge in [-0.15, -0.1) is 0 Å². The number of nitrogens with one attached hydrogen (secondary N) is 2. The molecule has 2 N–H and O–H groups in total. The summed E-state index contributed by atoms with van der Waals surface area (Å²) in [6.45, 7) is 0. The number of hydrogen-bond donors (Lipinski definition) is 2. The molecule has 3 aromatic heterocycles. The van der Waals surface area contributed by atoms with Crippen molar-refractivity contribution in [2.45, 2.75) is 37.9 Å². The minimum Gasteiger partial charge on any atom is -0.349 e. The van der Waals surface area contributed by atoms with E-state index in [1.807, 2.05) is 0 Å². The zero-order valence-electron chi connectivity index (χ0n) is 16.6. The summed E-state index contributed by atoms with van der Waals surface area (Å²) in [4.78, 5) is 32.6. The third kappa shape index (κ3) is 4.67. The van der Waals surface area contributed by atoms with Gasteiger partial charge in [-0.25, -0.2) is 14.5 Å². The SMILES string of the molecule is O=C(NC1CCC(C(=O)Nc2cnc(C(F)(F)F)cc2Cl)CC1)c1cnn2cccnc12. The van der Waals surface area contributed by atoms with Gasteiger partial charge in [-0.2, -0.15) is 18.3 Å². The molecule has 0 aromatic carbocycles. The van der Waals surface area contributed by atoms with Crippen LogP contribution in [0.3, 0.4) is 0 Å². The first-order valence-corrected chi connectivity index (χ1v) is 10.2. The number of amides is 2. The van der Waals surface area contributed by atoms with Gasteiger partial charge in [0.05, 0.1) is 23.1 Å². The summed E-state index contributed by atoms with van der Waals surface area (Å²) < 4.78 is 39.6. The Kier molecular flexibility index (Phi) is 6.00. The van der Waals surface area contributed by atoms with Crippen LogP contribution in [-0.2, 0) is 11.0 Å². The first-order valence-electron chi connectivity index (χ1n) is 9.85. The van der Waals surface area contributed by atoms with E-state index in [2.05, 4.69) is 25.7 Å². The minimum atomic E-state index is -4.62. The van der Waals surface area contributed by atoms with Crippen LogP contribution < -0.4 is 10.6 Å². The van der Waals surface area contributed by atoms with Crippen molar-refractivity contribution >= 4 is 34.7 Å². The fourth-order valence-corrected chi connectivity index (χ4v) is 3.86. The molecular formula is C20H18ClF3N6O2. The Balaban J connectivity index is 1.31. The average molecular weight is 467 g/mol. The second-order valence-electron chi connectivity index (χ2n) is 7.50. The lowest BCUT2D eigenvalue weighted by Crippen LogP contribution is -2.39. The summed E-state index contributed by atoms with van der Waals surface area (Å²) in [6.07, 6.45) is 3.19. The maximum absolute atomic E-state index is 12.7. The summed E-state index contributed by atoms with van der Waals surface area (Å²) in [5.41, 5.74) is -0.270. The van der Waals surface area contributed by atoms with E-state index in [0.717, 1.165) is 6.20 Å². The lowest BCUT2D eigenvalue weighted by atomic mass is 9.85. The first kappa shape index (κ1) is 22.0. The van der Waals surface area contributed by atoms with Crippen LogP contribution in [0.1, 0.15) is 41.7 Å². The Bertz CT molecular complexity index is 1160. The molecule has 3 heterocycles. The molecule has 0 saturated heterocycles. The van der Waals surface area contributed by atoms with Gasteiger partial charge in [-0.3, -0.25) is 9.59 Å². The first-order chi connectivity index (χ1) is 15.2. The Morgan fingerprint density at radius 2 is 1.88 bits per heavy atom. The summed E-state index contributed by atoms with van der Waals surface area (Å²) in [5, 5.41) is 9.36. The molecule has 32 heavy (non-hydrogen) atoms. The topological polar surface area (TPSA) is 101 Å². The van der Waals surface area contributed by atoms with Crippen LogP contribution in [-0.4, -0.2) is 37.4 Å². The quantitative estimate of drug-likeness (QED) is 0.610. The molecule has 0 unspecified atom stereocenters. The van der Waals surface area contributed by atoms with Gasteiger partial charge in [0.25, 0.3) is 5.91 Å². The van der Waals surface area contributed by atoms with Gasteiger partial charge in [-0.1, -0.05) is 11.6 Å². The van der Waals surface area contributed by atoms with Crippen LogP contribution >= 0.6 is 11.6 Å². The number of carbonyl (C=O) groups excluding carboxylic acids is 2. The van der Waals surface area contributed by atoms with E-state index < -0.39 is 11.9 Å². The normalized spacial score (nSPS) is 19.0. The highest BCUT2D eigenvalue weighted by atomic mass is 35.5. The van der Waals surface area contributed by atoms with Gasteiger partial charge in [0.2, 0.25) is 5.91 Å². The van der Waals surface area contributed by atoms with Gasteiger partial charge in [-0.05, 0) is 37.8 Å². The van der Waals surface area contributed by atoms with Crippen molar-refractivity contribution in [2.24, 2.45) is 5.92 Å². The Labute approximate surface area is 185 Å². The van der Waals surface area contributed by atoms with E-state index in [0.29, 0.717) is 43.0 Å². The maximum Gasteiger partial charge on any atom is 0.433 e. The predicted octanol–water partition coefficient (Wildman–Crippen LogP) is 3.72. The highest BCUT2D eigenvalue weighted by Gasteiger charge is 2.33. The van der Waals surface area contributed by atoms with Gasteiger partial charge in [0.15, 0.2) is 5.65 Å². The van der Waals surface area contributed by atoms with E-state index >= 15 is 0 Å². The van der Waals surface area contributed by atoms with Crippen molar-refractivity contribution < 1.29 is 22.8 Å². The number of carbonyl (C=O) groups is 2. The van der Waals surface area contributed by atoms with Gasteiger partial charge < -0.3 is 10.6 Å². The average Bonchev–Trinajstić information content (AvgIpc) is 3.19. The summed E-state index contributed by atoms with van der Waals surface area (Å²) in [7, 11) is 0. The number of pyridine rings is 1. The highest BCUT2D eigenvalue weighted by Crippen LogP contribution is 2.32. The third-order valence-corrected chi connectivity index (χ3v) is 5.67. The third-order valence-electron chi connectivity index (χ3n) is 5.36. The van der Waals surface area contributed by atoms with Crippen molar-refractivity contribution in [3.63, 3.8) is 0 Å². The fraction of sp³-hybridized carbons (Fsp3) is 0.350. The zero-order chi connectivity index (χ0) is 22.9. The van der Waals surface area contributed by atoms with E-state index in [1.54, 1.807) is 18.5 Å². The fourth-order valence-electron chi connectivity index (χ4n) is 3.66. The molecule has 4 rings (SSSR count). The molecule has 12 heteroatoms. The number of nitrogens with zero attached hydrogens (tertiary/aromatic N) is 4. The lowest BCUT2D eigenvalue weighted by molar-refractivity contribution is -0.141. The van der Waals surface area contributed by atoms with Crippen molar-refractivity contribution in [2.75, 3.05) is 5.32 Å². The van der Waals surface area contributed by atoms with Crippen molar-refractivity contribution in [1.82, 2.24) is 24.9 Å². The number of fused-ring (bicyclic) bond motifs is 1. The second-order valence-corrected chi connectivity index (χ2v) is 7.91. The number of anilines is 1. The molecular weight excluding hydrogens is 449 g/mol. The number of halogens is 4. The van der Waals surface area contributed by atoms with E-state index in [4.69, 9.17) is 11.6 Å². The number of hydrogen-bond acceptors (Lipinski definition) is 5. The molecule has 3 aromatic rings. The Morgan fingerprint density at radius 3 is 2.56 bits per heavy atom. The molecule has 2 amide bonds. The molecule has 0 radical (unpaired) electrons. The van der Waals surface area contributed by atoms with Crippen molar-refractivity contribution in [1.29, 1.82) is 0 Å². The Morgan fingerprint density at radius 1 is 1.12 bits per heavy atom. The lowest BCUT2D eigenvalue weighted by Gasteiger charge is -2.28. The molecule has 1 aliphatic carbocycles. The molecule has 8 nitrogen and oxygen atoms in total. The molecule has 1 fully saturated rings. The van der Waals surface area contributed by atoms with Crippen LogP contribution in [0.15, 0.2) is 36.9 Å². The summed E-state index contributed by atoms with van der Waals surface area (Å²) in [5.74, 6) is -0.973. The monoisotopic (exact) mass is 466 g/mol. The molecule has 0 bridgehead atoms. The van der Waals surface area contributed by atoms with Gasteiger partial charge in [0, 0.05) is 24.4 Å². The highest BCUT2D eigenvalue weighted by molar-refractivity contribution is 6.33. The van der Waals surface area contributed by atoms with Gasteiger partial charge in [0.1, 0.15) is 11.3 Å². The molecule has 0 spiro atoms. The standard InChI is InChI=1S/C20H18ClF3N6O2/c21-14-8-16(20(22,23)24)26-10-15(14)29-18(31)11-2-4-12(5-3-11)28-19(32)13-9-27-30-7-1-6-25-17(13)30/h1,6-12H,2-5H2,(H,28,32)(H,29,31). The van der Waals surface area contributed by atoms with Crippen LogP contribution in [0.5, 0.6) is 0 Å². The van der Waals surface area contributed by atoms with Gasteiger partial charge >= 0.3 is 6.18 Å². The van der Waals surface area contributed by atoms with Crippen LogP contribution in [0.25, 0.3) is 5.65 Å².